The molecule has 2 aliphatic rings. The second-order valence-corrected chi connectivity index (χ2v) is 7.00. The molecule has 0 N–H and O–H groups in total. The largest absolute Gasteiger partial charge is 1.00 e. The quantitative estimate of drug-likeness (QED) is 0.518. The fourth-order valence-corrected chi connectivity index (χ4v) is 4.26. The van der Waals surface area contributed by atoms with Crippen molar-refractivity contribution in [1.29, 1.82) is 0 Å². The molecule has 0 unspecified atom stereocenters. The highest BCUT2D eigenvalue weighted by Gasteiger charge is 2.45. The summed E-state index contributed by atoms with van der Waals surface area (Å²) in [5.41, 5.74) is 0.731. The number of hydrogen-bond donors (Lipinski definition) is 0. The van der Waals surface area contributed by atoms with Gasteiger partial charge in [0, 0.05) is 5.41 Å². The van der Waals surface area contributed by atoms with E-state index in [1.54, 1.807) is 0 Å². The fourth-order valence-electron chi connectivity index (χ4n) is 4.26. The number of rotatable bonds is 3. The Morgan fingerprint density at radius 1 is 0.938 bits per heavy atom. The first-order chi connectivity index (χ1) is 7.02. The highest BCUT2D eigenvalue weighted by Crippen LogP contribution is 2.51. The maximum absolute atomic E-state index is 2.37. The molecule has 2 aliphatic carbocycles. The van der Waals surface area contributed by atoms with E-state index in [0.29, 0.717) is 0 Å². The second kappa shape index (κ2) is 5.55. The molecule has 0 aromatic carbocycles. The van der Waals surface area contributed by atoms with Gasteiger partial charge in [0.1, 0.15) is 0 Å². The molecule has 1 nitrogen and oxygen atoms in total. The van der Waals surface area contributed by atoms with Crippen LogP contribution in [0.5, 0.6) is 0 Å². The SMILES string of the molecule is C[N+](C)(C)CC1(C2CCCC2)CCCC1.[I-]. The van der Waals surface area contributed by atoms with Crippen molar-refractivity contribution < 1.29 is 28.5 Å². The van der Waals surface area contributed by atoms with Gasteiger partial charge in [-0.25, -0.2) is 0 Å². The van der Waals surface area contributed by atoms with Gasteiger partial charge in [-0.15, -0.1) is 0 Å². The third kappa shape index (κ3) is 3.34. The Labute approximate surface area is 119 Å². The minimum absolute atomic E-state index is 0. The average Bonchev–Trinajstić information content (AvgIpc) is 2.68. The summed E-state index contributed by atoms with van der Waals surface area (Å²) in [5.74, 6) is 1.07. The molecule has 0 heterocycles. The van der Waals surface area contributed by atoms with Gasteiger partial charge in [0.2, 0.25) is 0 Å². The molecular formula is C14H28IN. The van der Waals surface area contributed by atoms with E-state index in [-0.39, 0.29) is 24.0 Å². The molecule has 2 fully saturated rings. The van der Waals surface area contributed by atoms with Crippen LogP contribution >= 0.6 is 0 Å². The number of nitrogens with zero attached hydrogens (tertiary/aromatic N) is 1. The van der Waals surface area contributed by atoms with Crippen LogP contribution in [0.15, 0.2) is 0 Å². The minimum atomic E-state index is 0. The monoisotopic (exact) mass is 337 g/mol. The predicted octanol–water partition coefficient (Wildman–Crippen LogP) is 0.447. The minimum Gasteiger partial charge on any atom is -1.00 e. The van der Waals surface area contributed by atoms with E-state index in [1.807, 2.05) is 0 Å². The van der Waals surface area contributed by atoms with Gasteiger partial charge in [-0.05, 0) is 31.6 Å². The molecule has 0 atom stereocenters. The Hall–Kier alpha value is 0.690. The van der Waals surface area contributed by atoms with Crippen LogP contribution in [-0.2, 0) is 0 Å². The smallest absolute Gasteiger partial charge is 0.0840 e. The van der Waals surface area contributed by atoms with Crippen molar-refractivity contribution in [3.05, 3.63) is 0 Å². The second-order valence-electron chi connectivity index (χ2n) is 7.00. The Morgan fingerprint density at radius 2 is 1.44 bits per heavy atom. The van der Waals surface area contributed by atoms with Gasteiger partial charge in [0.25, 0.3) is 0 Å². The van der Waals surface area contributed by atoms with Crippen molar-refractivity contribution >= 4 is 0 Å². The summed E-state index contributed by atoms with van der Waals surface area (Å²) >= 11 is 0. The third-order valence-corrected chi connectivity index (χ3v) is 4.61. The molecule has 2 heteroatoms. The van der Waals surface area contributed by atoms with Crippen LogP contribution < -0.4 is 24.0 Å². The van der Waals surface area contributed by atoms with Crippen LogP contribution in [0.1, 0.15) is 51.4 Å². The van der Waals surface area contributed by atoms with Gasteiger partial charge < -0.3 is 28.5 Å². The van der Waals surface area contributed by atoms with E-state index < -0.39 is 0 Å². The number of hydrogen-bond acceptors (Lipinski definition) is 0. The van der Waals surface area contributed by atoms with Crippen molar-refractivity contribution in [2.45, 2.75) is 51.4 Å². The lowest BCUT2D eigenvalue weighted by Crippen LogP contribution is -3.00. The normalized spacial score (nSPS) is 25.7. The van der Waals surface area contributed by atoms with E-state index >= 15 is 0 Å². The third-order valence-electron chi connectivity index (χ3n) is 4.61. The van der Waals surface area contributed by atoms with Gasteiger partial charge in [-0.2, -0.15) is 0 Å². The summed E-state index contributed by atoms with van der Waals surface area (Å²) < 4.78 is 1.16. The first-order valence-electron chi connectivity index (χ1n) is 6.82. The van der Waals surface area contributed by atoms with E-state index in [2.05, 4.69) is 21.1 Å². The Bertz CT molecular complexity index is 207. The molecule has 96 valence electrons. The first kappa shape index (κ1) is 14.7. The topological polar surface area (TPSA) is 0 Å². The van der Waals surface area contributed by atoms with Crippen molar-refractivity contribution in [3.63, 3.8) is 0 Å². The van der Waals surface area contributed by atoms with Gasteiger partial charge in [0.15, 0.2) is 0 Å². The Morgan fingerprint density at radius 3 is 1.88 bits per heavy atom. The molecular weight excluding hydrogens is 309 g/mol. The lowest BCUT2D eigenvalue weighted by atomic mass is 9.72. The van der Waals surface area contributed by atoms with E-state index in [0.717, 1.165) is 15.8 Å². The lowest BCUT2D eigenvalue weighted by Gasteiger charge is -2.41. The molecule has 0 radical (unpaired) electrons. The van der Waals surface area contributed by atoms with E-state index in [4.69, 9.17) is 0 Å². The zero-order valence-corrected chi connectivity index (χ0v) is 13.4. The van der Waals surface area contributed by atoms with E-state index in [9.17, 15) is 0 Å². The number of quaternary nitrogens is 1. The molecule has 0 amide bonds. The molecule has 0 saturated heterocycles. The highest BCUT2D eigenvalue weighted by molar-refractivity contribution is 4.92. The Kier molecular flexibility index (Phi) is 5.12. The molecule has 0 bridgehead atoms. The van der Waals surface area contributed by atoms with Gasteiger partial charge in [0.05, 0.1) is 27.7 Å². The van der Waals surface area contributed by atoms with Crippen LogP contribution in [0, 0.1) is 11.3 Å². The highest BCUT2D eigenvalue weighted by atomic mass is 127. The summed E-state index contributed by atoms with van der Waals surface area (Å²) in [6.07, 6.45) is 12.1. The zero-order chi connectivity index (χ0) is 10.9. The van der Waals surface area contributed by atoms with Crippen LogP contribution in [0.25, 0.3) is 0 Å². The standard InChI is InChI=1S/C14H28N.HI/c1-15(2,3)12-14(10-6-7-11-14)13-8-4-5-9-13;/h13H,4-12H2,1-3H3;1H/q+1;/p-1. The van der Waals surface area contributed by atoms with Crippen LogP contribution in [0.2, 0.25) is 0 Å². The summed E-state index contributed by atoms with van der Waals surface area (Å²) in [7, 11) is 7.11. The molecule has 0 aromatic rings. The average molecular weight is 337 g/mol. The summed E-state index contributed by atoms with van der Waals surface area (Å²) in [6, 6.07) is 0. The van der Waals surface area contributed by atoms with Crippen molar-refractivity contribution in [2.24, 2.45) is 11.3 Å². The molecule has 2 saturated carbocycles. The van der Waals surface area contributed by atoms with Crippen LogP contribution in [0.4, 0.5) is 0 Å². The number of halogens is 1. The fraction of sp³-hybridized carbons (Fsp3) is 1.00. The summed E-state index contributed by atoms with van der Waals surface area (Å²) in [4.78, 5) is 0. The molecule has 0 spiro atoms. The summed E-state index contributed by atoms with van der Waals surface area (Å²) in [5, 5.41) is 0. The molecule has 16 heavy (non-hydrogen) atoms. The maximum atomic E-state index is 2.37. The maximum Gasteiger partial charge on any atom is 0.0840 e. The molecule has 0 aromatic heterocycles. The van der Waals surface area contributed by atoms with Crippen molar-refractivity contribution in [1.82, 2.24) is 0 Å². The summed E-state index contributed by atoms with van der Waals surface area (Å²) in [6.45, 7) is 1.41. The van der Waals surface area contributed by atoms with Crippen molar-refractivity contribution in [3.8, 4) is 0 Å². The van der Waals surface area contributed by atoms with Gasteiger partial charge >= 0.3 is 0 Å². The predicted molar refractivity (Wildman–Crippen MR) is 65.8 cm³/mol. The van der Waals surface area contributed by atoms with E-state index in [1.165, 1.54) is 57.9 Å². The molecule has 2 rings (SSSR count). The van der Waals surface area contributed by atoms with Crippen LogP contribution in [0.3, 0.4) is 0 Å². The zero-order valence-electron chi connectivity index (χ0n) is 11.3. The van der Waals surface area contributed by atoms with Gasteiger partial charge in [-0.1, -0.05) is 25.7 Å². The Balaban J connectivity index is 0.00000128. The molecule has 0 aliphatic heterocycles. The lowest BCUT2D eigenvalue weighted by molar-refractivity contribution is -0.878. The first-order valence-corrected chi connectivity index (χ1v) is 6.82. The van der Waals surface area contributed by atoms with Gasteiger partial charge in [-0.3, -0.25) is 0 Å². The van der Waals surface area contributed by atoms with Crippen molar-refractivity contribution in [2.75, 3.05) is 27.7 Å². The van der Waals surface area contributed by atoms with Crippen LogP contribution in [-0.4, -0.2) is 32.2 Å².